The predicted molar refractivity (Wildman–Crippen MR) is 151 cm³/mol. The van der Waals surface area contributed by atoms with Crippen molar-refractivity contribution < 1.29 is 22.4 Å². The quantitative estimate of drug-likeness (QED) is 0.381. The lowest BCUT2D eigenvalue weighted by Gasteiger charge is -2.34. The molecule has 39 heavy (non-hydrogen) atoms. The molecular weight excluding hydrogens is 517 g/mol. The molecule has 3 rings (SSSR count). The third kappa shape index (κ3) is 7.89. The third-order valence-corrected chi connectivity index (χ3v) is 7.84. The number of nitrogens with one attached hydrogen (secondary N) is 1. The van der Waals surface area contributed by atoms with Crippen LogP contribution in [0.1, 0.15) is 45.2 Å². The van der Waals surface area contributed by atoms with Crippen LogP contribution < -0.4 is 9.62 Å². The van der Waals surface area contributed by atoms with E-state index in [0.717, 1.165) is 9.87 Å². The summed E-state index contributed by atoms with van der Waals surface area (Å²) in [5.74, 6) is -1.33. The molecule has 0 aliphatic heterocycles. The second kappa shape index (κ2) is 12.4. The summed E-state index contributed by atoms with van der Waals surface area (Å²) in [6, 6.07) is 19.6. The van der Waals surface area contributed by atoms with Gasteiger partial charge in [-0.3, -0.25) is 13.9 Å². The monoisotopic (exact) mass is 553 g/mol. The largest absolute Gasteiger partial charge is 0.350 e. The highest BCUT2D eigenvalue weighted by molar-refractivity contribution is 7.92. The molecular formula is C30H36FN3O4S. The molecule has 1 atom stereocenters. The van der Waals surface area contributed by atoms with Crippen LogP contribution in [0.4, 0.5) is 10.1 Å². The lowest BCUT2D eigenvalue weighted by molar-refractivity contribution is -0.141. The van der Waals surface area contributed by atoms with E-state index in [1.54, 1.807) is 55.5 Å². The molecule has 0 fully saturated rings. The Labute approximate surface area is 230 Å². The van der Waals surface area contributed by atoms with Gasteiger partial charge in [-0.15, -0.1) is 0 Å². The minimum atomic E-state index is -4.12. The van der Waals surface area contributed by atoms with Crippen LogP contribution in [-0.2, 0) is 26.2 Å². The van der Waals surface area contributed by atoms with Crippen LogP contribution >= 0.6 is 0 Å². The molecule has 3 aromatic rings. The van der Waals surface area contributed by atoms with Crippen LogP contribution in [0.3, 0.4) is 0 Å². The molecule has 208 valence electrons. The summed E-state index contributed by atoms with van der Waals surface area (Å²) in [6.07, 6.45) is 0.296. The molecule has 0 spiro atoms. The first-order chi connectivity index (χ1) is 18.3. The number of hydrogen-bond acceptors (Lipinski definition) is 4. The molecule has 0 saturated carbocycles. The van der Waals surface area contributed by atoms with E-state index in [4.69, 9.17) is 0 Å². The van der Waals surface area contributed by atoms with Gasteiger partial charge in [-0.05, 0) is 81.6 Å². The van der Waals surface area contributed by atoms with E-state index in [0.29, 0.717) is 17.7 Å². The number of nitrogens with zero attached hydrogens (tertiary/aromatic N) is 2. The number of carbonyl (C=O) groups is 2. The van der Waals surface area contributed by atoms with Crippen LogP contribution in [-0.4, -0.2) is 43.3 Å². The molecule has 2 amide bonds. The Morgan fingerprint density at radius 3 is 2.15 bits per heavy atom. The van der Waals surface area contributed by atoms with Crippen molar-refractivity contribution in [2.24, 2.45) is 0 Å². The number of aryl methyl sites for hydroxylation is 1. The number of benzene rings is 3. The number of hydrogen-bond donors (Lipinski definition) is 1. The molecule has 0 heterocycles. The number of carbonyl (C=O) groups excluding carboxylic acids is 2. The first-order valence-electron chi connectivity index (χ1n) is 12.8. The molecule has 7 nitrogen and oxygen atoms in total. The van der Waals surface area contributed by atoms with E-state index in [2.05, 4.69) is 5.32 Å². The fraction of sp³-hybridized carbons (Fsp3) is 0.333. The van der Waals surface area contributed by atoms with Crippen molar-refractivity contribution in [1.82, 2.24) is 10.2 Å². The fourth-order valence-corrected chi connectivity index (χ4v) is 5.62. The van der Waals surface area contributed by atoms with Gasteiger partial charge < -0.3 is 10.2 Å². The minimum Gasteiger partial charge on any atom is -0.350 e. The van der Waals surface area contributed by atoms with E-state index >= 15 is 0 Å². The summed E-state index contributed by atoms with van der Waals surface area (Å²) in [5, 5.41) is 2.92. The van der Waals surface area contributed by atoms with Crippen molar-refractivity contribution in [1.29, 1.82) is 0 Å². The Bertz CT molecular complexity index is 1390. The van der Waals surface area contributed by atoms with Crippen LogP contribution in [0.2, 0.25) is 0 Å². The first kappa shape index (κ1) is 29.8. The zero-order valence-corrected chi connectivity index (χ0v) is 23.8. The van der Waals surface area contributed by atoms with Crippen LogP contribution in [0.5, 0.6) is 0 Å². The fourth-order valence-electron chi connectivity index (χ4n) is 4.19. The average Bonchev–Trinajstić information content (AvgIpc) is 2.87. The Morgan fingerprint density at radius 2 is 1.59 bits per heavy atom. The molecule has 1 unspecified atom stereocenters. The van der Waals surface area contributed by atoms with Crippen molar-refractivity contribution in [3.8, 4) is 0 Å². The van der Waals surface area contributed by atoms with Gasteiger partial charge in [0.25, 0.3) is 10.0 Å². The molecule has 1 N–H and O–H groups in total. The molecule has 0 saturated heterocycles. The van der Waals surface area contributed by atoms with Gasteiger partial charge >= 0.3 is 0 Å². The maximum Gasteiger partial charge on any atom is 0.264 e. The van der Waals surface area contributed by atoms with Crippen LogP contribution in [0.25, 0.3) is 0 Å². The molecule has 0 bridgehead atoms. The summed E-state index contributed by atoms with van der Waals surface area (Å²) in [5.41, 5.74) is 1.23. The smallest absolute Gasteiger partial charge is 0.264 e. The number of halogens is 1. The van der Waals surface area contributed by atoms with Crippen LogP contribution in [0, 0.1) is 12.7 Å². The lowest BCUT2D eigenvalue weighted by atomic mass is 10.1. The summed E-state index contributed by atoms with van der Waals surface area (Å²) in [7, 11) is -4.12. The van der Waals surface area contributed by atoms with Crippen molar-refractivity contribution in [3.05, 3.63) is 95.8 Å². The molecule has 0 aliphatic carbocycles. The van der Waals surface area contributed by atoms with Gasteiger partial charge in [0.1, 0.15) is 18.4 Å². The van der Waals surface area contributed by atoms with Crippen molar-refractivity contribution in [2.45, 2.75) is 64.1 Å². The van der Waals surface area contributed by atoms with E-state index in [9.17, 15) is 22.4 Å². The second-order valence-electron chi connectivity index (χ2n) is 10.5. The summed E-state index contributed by atoms with van der Waals surface area (Å²) in [4.78, 5) is 28.7. The number of rotatable bonds is 10. The second-order valence-corrected chi connectivity index (χ2v) is 12.3. The van der Waals surface area contributed by atoms with Gasteiger partial charge in [-0.2, -0.15) is 0 Å². The van der Waals surface area contributed by atoms with E-state index < -0.39 is 39.9 Å². The number of sulfonamides is 1. The van der Waals surface area contributed by atoms with Gasteiger partial charge in [-0.1, -0.05) is 49.4 Å². The van der Waals surface area contributed by atoms with Crippen molar-refractivity contribution >= 4 is 27.5 Å². The minimum absolute atomic E-state index is 0.00221. The van der Waals surface area contributed by atoms with Gasteiger partial charge in [0.15, 0.2) is 0 Å². The molecule has 0 aliphatic rings. The Balaban J connectivity index is 2.06. The van der Waals surface area contributed by atoms with E-state index in [1.165, 1.54) is 29.2 Å². The molecule has 9 heteroatoms. The Kier molecular flexibility index (Phi) is 9.50. The summed E-state index contributed by atoms with van der Waals surface area (Å²) < 4.78 is 42.2. The average molecular weight is 554 g/mol. The van der Waals surface area contributed by atoms with E-state index in [1.807, 2.05) is 33.8 Å². The van der Waals surface area contributed by atoms with Crippen molar-refractivity contribution in [3.63, 3.8) is 0 Å². The SMILES string of the molecule is CCC(C(=O)NC(C)(C)C)N(Cc1ccc(F)cc1)C(=O)CN(c1cccc(C)c1)S(=O)(=O)c1ccccc1. The highest BCUT2D eigenvalue weighted by Crippen LogP contribution is 2.25. The lowest BCUT2D eigenvalue weighted by Crippen LogP contribution is -2.55. The topological polar surface area (TPSA) is 86.8 Å². The maximum atomic E-state index is 14.0. The van der Waals surface area contributed by atoms with Gasteiger partial charge in [0.05, 0.1) is 10.6 Å². The Hall–Kier alpha value is -3.72. The third-order valence-electron chi connectivity index (χ3n) is 6.05. The van der Waals surface area contributed by atoms with Crippen molar-refractivity contribution in [2.75, 3.05) is 10.8 Å². The van der Waals surface area contributed by atoms with Crippen LogP contribution in [0.15, 0.2) is 83.8 Å². The predicted octanol–water partition coefficient (Wildman–Crippen LogP) is 5.05. The van der Waals surface area contributed by atoms with Gasteiger partial charge in [0.2, 0.25) is 11.8 Å². The summed E-state index contributed by atoms with van der Waals surface area (Å²) in [6.45, 7) is 8.63. The zero-order chi connectivity index (χ0) is 28.8. The number of amides is 2. The first-order valence-corrected chi connectivity index (χ1v) is 14.3. The standard InChI is InChI=1S/C30H36FN3O4S/c1-6-27(29(36)32-30(3,4)5)33(20-23-15-17-24(31)18-16-23)28(35)21-34(25-12-10-11-22(2)19-25)39(37,38)26-13-8-7-9-14-26/h7-19,27H,6,20-21H2,1-5H3,(H,32,36). The highest BCUT2D eigenvalue weighted by atomic mass is 32.2. The molecule has 0 aromatic heterocycles. The normalized spacial score (nSPS) is 12.5. The maximum absolute atomic E-state index is 14.0. The highest BCUT2D eigenvalue weighted by Gasteiger charge is 2.34. The zero-order valence-electron chi connectivity index (χ0n) is 23.0. The van der Waals surface area contributed by atoms with Gasteiger partial charge in [-0.25, -0.2) is 12.8 Å². The molecule has 3 aromatic carbocycles. The van der Waals surface area contributed by atoms with E-state index in [-0.39, 0.29) is 17.3 Å². The Morgan fingerprint density at radius 1 is 0.949 bits per heavy atom. The van der Waals surface area contributed by atoms with Gasteiger partial charge in [0, 0.05) is 12.1 Å². The summed E-state index contributed by atoms with van der Waals surface area (Å²) >= 11 is 0. The molecule has 0 radical (unpaired) electrons. The number of anilines is 1.